The van der Waals surface area contributed by atoms with Gasteiger partial charge in [-0.3, -0.25) is 9.97 Å². The zero-order valence-electron chi connectivity index (χ0n) is 16.9. The van der Waals surface area contributed by atoms with Crippen LogP contribution in [-0.2, 0) is 0 Å². The number of nitrogens with zero attached hydrogens (tertiary/aromatic N) is 2. The van der Waals surface area contributed by atoms with Crippen LogP contribution in [0.3, 0.4) is 0 Å². The second-order valence-corrected chi connectivity index (χ2v) is 7.88. The number of fused-ring (bicyclic) bond motifs is 3. The van der Waals surface area contributed by atoms with Crippen molar-refractivity contribution in [3.8, 4) is 11.1 Å². The molecule has 2 nitrogen and oxygen atoms in total. The molecule has 2 heteroatoms. The Kier molecular flexibility index (Phi) is 4.48. The molecule has 0 fully saturated rings. The van der Waals surface area contributed by atoms with E-state index in [1.165, 1.54) is 22.1 Å². The fourth-order valence-electron chi connectivity index (χ4n) is 4.43. The van der Waals surface area contributed by atoms with Crippen LogP contribution in [0.2, 0.25) is 0 Å². The highest BCUT2D eigenvalue weighted by molar-refractivity contribution is 6.09. The lowest BCUT2D eigenvalue weighted by Crippen LogP contribution is -2.00. The number of benzene rings is 2. The molecule has 0 saturated carbocycles. The Morgan fingerprint density at radius 1 is 0.793 bits per heavy atom. The Morgan fingerprint density at radius 2 is 1.52 bits per heavy atom. The lowest BCUT2D eigenvalue weighted by Gasteiger charge is -2.17. The molecule has 1 aliphatic carbocycles. The number of hydrogen-bond donors (Lipinski definition) is 0. The average molecular weight is 377 g/mol. The summed E-state index contributed by atoms with van der Waals surface area (Å²) >= 11 is 0. The molecule has 4 aromatic rings. The molecule has 2 aromatic heterocycles. The van der Waals surface area contributed by atoms with E-state index in [-0.39, 0.29) is 0 Å². The van der Waals surface area contributed by atoms with Crippen LogP contribution in [0.25, 0.3) is 32.9 Å². The standard InChI is InChI=1S/C27H24N2/c1-18-16-24(20-10-6-3-4-7-11-20)22-14-15-23-25(21-12-8-5-9-13-21)17-19(2)29-27(23)26(22)28-18/h3-6,8-10,12-17,20H,7,11H2,1-2H3. The second-order valence-electron chi connectivity index (χ2n) is 7.88. The van der Waals surface area contributed by atoms with Gasteiger partial charge < -0.3 is 0 Å². The predicted octanol–water partition coefficient (Wildman–Crippen LogP) is 7.06. The first kappa shape index (κ1) is 17.8. The van der Waals surface area contributed by atoms with Gasteiger partial charge >= 0.3 is 0 Å². The third-order valence-corrected chi connectivity index (χ3v) is 5.77. The van der Waals surface area contributed by atoms with Gasteiger partial charge in [0.1, 0.15) is 0 Å². The first-order valence-electron chi connectivity index (χ1n) is 10.3. The van der Waals surface area contributed by atoms with Gasteiger partial charge in [-0.05, 0) is 55.5 Å². The molecule has 1 aliphatic rings. The smallest absolute Gasteiger partial charge is 0.0974 e. The molecular weight excluding hydrogens is 352 g/mol. The number of hydrogen-bond acceptors (Lipinski definition) is 2. The fourth-order valence-corrected chi connectivity index (χ4v) is 4.43. The van der Waals surface area contributed by atoms with E-state index in [0.29, 0.717) is 5.92 Å². The van der Waals surface area contributed by atoms with E-state index >= 15 is 0 Å². The SMILES string of the molecule is Cc1cc(-c2ccccc2)c2ccc3c(C4C=CC=CCC4)cc(C)nc3c2n1. The number of allylic oxidation sites excluding steroid dienone is 4. The zero-order valence-corrected chi connectivity index (χ0v) is 16.9. The van der Waals surface area contributed by atoms with Crippen molar-refractivity contribution in [2.45, 2.75) is 32.6 Å². The topological polar surface area (TPSA) is 25.8 Å². The number of rotatable bonds is 2. The maximum absolute atomic E-state index is 4.96. The van der Waals surface area contributed by atoms with E-state index in [0.717, 1.165) is 40.6 Å². The maximum Gasteiger partial charge on any atom is 0.0974 e. The van der Waals surface area contributed by atoms with Crippen molar-refractivity contribution in [2.24, 2.45) is 0 Å². The first-order valence-corrected chi connectivity index (χ1v) is 10.3. The Labute approximate surface area is 171 Å². The molecule has 2 aromatic carbocycles. The number of aromatic nitrogens is 2. The minimum absolute atomic E-state index is 0.407. The van der Waals surface area contributed by atoms with Crippen molar-refractivity contribution in [2.75, 3.05) is 0 Å². The maximum atomic E-state index is 4.96. The van der Waals surface area contributed by atoms with Crippen molar-refractivity contribution in [1.29, 1.82) is 0 Å². The fraction of sp³-hybridized carbons (Fsp3) is 0.185. The van der Waals surface area contributed by atoms with Gasteiger partial charge in [-0.1, -0.05) is 66.8 Å². The highest BCUT2D eigenvalue weighted by Crippen LogP contribution is 2.36. The molecule has 1 atom stereocenters. The van der Waals surface area contributed by atoms with Crippen molar-refractivity contribution in [3.05, 3.63) is 95.9 Å². The molecule has 1 unspecified atom stereocenters. The normalized spacial score (nSPS) is 16.4. The van der Waals surface area contributed by atoms with Crippen LogP contribution >= 0.6 is 0 Å². The minimum Gasteiger partial charge on any atom is -0.251 e. The molecule has 0 spiro atoms. The molecule has 142 valence electrons. The van der Waals surface area contributed by atoms with Gasteiger partial charge in [0.15, 0.2) is 0 Å². The van der Waals surface area contributed by atoms with Crippen LogP contribution < -0.4 is 0 Å². The first-order chi connectivity index (χ1) is 14.2. The van der Waals surface area contributed by atoms with Gasteiger partial charge in [-0.25, -0.2) is 0 Å². The van der Waals surface area contributed by atoms with E-state index in [2.05, 4.69) is 92.7 Å². The molecule has 29 heavy (non-hydrogen) atoms. The van der Waals surface area contributed by atoms with Crippen LogP contribution in [-0.4, -0.2) is 9.97 Å². The molecule has 0 amide bonds. The second kappa shape index (κ2) is 7.29. The largest absolute Gasteiger partial charge is 0.251 e. The van der Waals surface area contributed by atoms with E-state index in [1.54, 1.807) is 0 Å². The van der Waals surface area contributed by atoms with Crippen LogP contribution in [0.1, 0.15) is 35.7 Å². The lowest BCUT2D eigenvalue weighted by molar-refractivity contribution is 0.759. The number of aryl methyl sites for hydroxylation is 2. The summed E-state index contributed by atoms with van der Waals surface area (Å²) in [5.74, 6) is 0.407. The summed E-state index contributed by atoms with van der Waals surface area (Å²) in [6, 6.07) is 19.5. The van der Waals surface area contributed by atoms with Crippen LogP contribution in [0.15, 0.2) is 78.9 Å². The van der Waals surface area contributed by atoms with Crippen molar-refractivity contribution in [1.82, 2.24) is 9.97 Å². The third kappa shape index (κ3) is 3.25. The highest BCUT2D eigenvalue weighted by atomic mass is 14.8. The molecule has 0 saturated heterocycles. The summed E-state index contributed by atoms with van der Waals surface area (Å²) in [5, 5.41) is 2.38. The molecule has 0 radical (unpaired) electrons. The van der Waals surface area contributed by atoms with Crippen molar-refractivity contribution < 1.29 is 0 Å². The van der Waals surface area contributed by atoms with E-state index in [1.807, 2.05) is 0 Å². The minimum atomic E-state index is 0.407. The van der Waals surface area contributed by atoms with E-state index in [9.17, 15) is 0 Å². The van der Waals surface area contributed by atoms with Crippen molar-refractivity contribution >= 4 is 21.8 Å². The number of pyridine rings is 2. The molecule has 5 rings (SSSR count). The quantitative estimate of drug-likeness (QED) is 0.350. The monoisotopic (exact) mass is 376 g/mol. The van der Waals surface area contributed by atoms with E-state index in [4.69, 9.17) is 9.97 Å². The van der Waals surface area contributed by atoms with Crippen LogP contribution in [0.4, 0.5) is 0 Å². The summed E-state index contributed by atoms with van der Waals surface area (Å²) < 4.78 is 0. The molecule has 0 aliphatic heterocycles. The van der Waals surface area contributed by atoms with Gasteiger partial charge in [0.2, 0.25) is 0 Å². The molecule has 0 N–H and O–H groups in total. The Morgan fingerprint density at radius 3 is 2.34 bits per heavy atom. The molecular formula is C27H24N2. The summed E-state index contributed by atoms with van der Waals surface area (Å²) in [6.45, 7) is 4.16. The van der Waals surface area contributed by atoms with Gasteiger partial charge in [0.25, 0.3) is 0 Å². The summed E-state index contributed by atoms with van der Waals surface area (Å²) in [4.78, 5) is 9.90. The van der Waals surface area contributed by atoms with Gasteiger partial charge in [-0.2, -0.15) is 0 Å². The Balaban J connectivity index is 1.80. The molecule has 2 heterocycles. The van der Waals surface area contributed by atoms with E-state index < -0.39 is 0 Å². The average Bonchev–Trinajstić information content (AvgIpc) is 3.03. The third-order valence-electron chi connectivity index (χ3n) is 5.77. The van der Waals surface area contributed by atoms with Crippen LogP contribution in [0.5, 0.6) is 0 Å². The zero-order chi connectivity index (χ0) is 19.8. The summed E-state index contributed by atoms with van der Waals surface area (Å²) in [6.07, 6.45) is 11.1. The van der Waals surface area contributed by atoms with Gasteiger partial charge in [0, 0.05) is 28.1 Å². The molecule has 0 bridgehead atoms. The Hall–Kier alpha value is -3.26. The van der Waals surface area contributed by atoms with Gasteiger partial charge in [-0.15, -0.1) is 0 Å². The van der Waals surface area contributed by atoms with Crippen LogP contribution in [0, 0.1) is 13.8 Å². The predicted molar refractivity (Wildman–Crippen MR) is 122 cm³/mol. The lowest BCUT2D eigenvalue weighted by atomic mass is 9.90. The Bertz CT molecular complexity index is 1270. The van der Waals surface area contributed by atoms with Gasteiger partial charge in [0.05, 0.1) is 11.0 Å². The summed E-state index contributed by atoms with van der Waals surface area (Å²) in [5.41, 5.74) is 7.89. The highest BCUT2D eigenvalue weighted by Gasteiger charge is 2.17. The summed E-state index contributed by atoms with van der Waals surface area (Å²) in [7, 11) is 0. The van der Waals surface area contributed by atoms with Crippen molar-refractivity contribution in [3.63, 3.8) is 0 Å².